The summed E-state index contributed by atoms with van der Waals surface area (Å²) < 4.78 is 2.66. The number of rotatable bonds is 3. The third-order valence-electron chi connectivity index (χ3n) is 7.60. The minimum Gasteiger partial charge on any atom is -0.354 e. The van der Waals surface area contributed by atoms with Crippen LogP contribution in [-0.4, -0.2) is 4.98 Å². The first kappa shape index (κ1) is 21.4. The molecule has 1 nitrogen and oxygen atoms in total. The summed E-state index contributed by atoms with van der Waals surface area (Å²) in [5.74, 6) is 0. The molecule has 178 valence electrons. The van der Waals surface area contributed by atoms with E-state index in [-0.39, 0.29) is 0 Å². The summed E-state index contributed by atoms with van der Waals surface area (Å²) in [7, 11) is 0. The quantitative estimate of drug-likeness (QED) is 0.248. The number of para-hydroxylation sites is 2. The van der Waals surface area contributed by atoms with E-state index < -0.39 is 0 Å². The van der Waals surface area contributed by atoms with Crippen LogP contribution in [0.3, 0.4) is 0 Å². The fraction of sp³-hybridized carbons (Fsp3) is 0. The number of hydrogen-bond donors (Lipinski definition) is 1. The predicted octanol–water partition coefficient (Wildman–Crippen LogP) is 10.7. The average Bonchev–Trinajstić information content (AvgIpc) is 3.55. The van der Waals surface area contributed by atoms with Gasteiger partial charge in [0.2, 0.25) is 0 Å². The van der Waals surface area contributed by atoms with Crippen LogP contribution < -0.4 is 0 Å². The van der Waals surface area contributed by atoms with Gasteiger partial charge in [-0.3, -0.25) is 0 Å². The van der Waals surface area contributed by atoms with Crippen molar-refractivity contribution in [1.29, 1.82) is 0 Å². The maximum absolute atomic E-state index is 3.70. The average molecular weight is 502 g/mol. The molecular formula is C36H23NS. The summed E-state index contributed by atoms with van der Waals surface area (Å²) in [6.07, 6.45) is 0. The van der Waals surface area contributed by atoms with E-state index in [0.717, 1.165) is 0 Å². The van der Waals surface area contributed by atoms with Gasteiger partial charge in [-0.05, 0) is 64.2 Å². The van der Waals surface area contributed by atoms with Gasteiger partial charge in [-0.2, -0.15) is 0 Å². The van der Waals surface area contributed by atoms with Gasteiger partial charge in [0.1, 0.15) is 0 Å². The third-order valence-corrected chi connectivity index (χ3v) is 8.74. The van der Waals surface area contributed by atoms with Crippen LogP contribution in [0.2, 0.25) is 0 Å². The molecule has 0 bridgehead atoms. The van der Waals surface area contributed by atoms with Gasteiger partial charge in [0.25, 0.3) is 0 Å². The number of aromatic amines is 1. The molecule has 2 heterocycles. The lowest BCUT2D eigenvalue weighted by atomic mass is 9.92. The van der Waals surface area contributed by atoms with Crippen molar-refractivity contribution in [2.24, 2.45) is 0 Å². The molecule has 0 aliphatic rings. The number of hydrogen-bond acceptors (Lipinski definition) is 1. The molecule has 2 aromatic heterocycles. The Bertz CT molecular complexity index is 2130. The van der Waals surface area contributed by atoms with Gasteiger partial charge in [0, 0.05) is 42.0 Å². The second-order valence-electron chi connectivity index (χ2n) is 9.87. The minimum absolute atomic E-state index is 1.17. The summed E-state index contributed by atoms with van der Waals surface area (Å²) >= 11 is 1.87. The second-order valence-corrected chi connectivity index (χ2v) is 11.0. The van der Waals surface area contributed by atoms with Crippen molar-refractivity contribution < 1.29 is 0 Å². The Morgan fingerprint density at radius 2 is 1.08 bits per heavy atom. The monoisotopic (exact) mass is 501 g/mol. The Balaban J connectivity index is 1.37. The summed E-state index contributed by atoms with van der Waals surface area (Å²) in [6.45, 7) is 0. The Labute approximate surface area is 224 Å². The maximum Gasteiger partial charge on any atom is 0.0544 e. The summed E-state index contributed by atoms with van der Waals surface area (Å²) in [5.41, 5.74) is 9.72. The molecule has 0 saturated carbocycles. The van der Waals surface area contributed by atoms with Crippen molar-refractivity contribution in [2.75, 3.05) is 0 Å². The largest absolute Gasteiger partial charge is 0.354 e. The maximum atomic E-state index is 3.70. The van der Waals surface area contributed by atoms with Crippen molar-refractivity contribution in [2.45, 2.75) is 0 Å². The summed E-state index contributed by atoms with van der Waals surface area (Å²) in [4.78, 5) is 3.70. The predicted molar refractivity (Wildman–Crippen MR) is 165 cm³/mol. The molecule has 0 atom stereocenters. The van der Waals surface area contributed by atoms with Crippen LogP contribution in [0.25, 0.3) is 75.4 Å². The Kier molecular flexibility index (Phi) is 4.76. The lowest BCUT2D eigenvalue weighted by Gasteiger charge is -2.12. The third kappa shape index (κ3) is 3.38. The highest BCUT2D eigenvalue weighted by Crippen LogP contribution is 2.40. The van der Waals surface area contributed by atoms with E-state index in [0.29, 0.717) is 0 Å². The molecular weight excluding hydrogens is 478 g/mol. The van der Waals surface area contributed by atoms with Gasteiger partial charge in [0.05, 0.1) is 5.52 Å². The zero-order valence-electron chi connectivity index (χ0n) is 20.6. The van der Waals surface area contributed by atoms with E-state index in [4.69, 9.17) is 0 Å². The zero-order chi connectivity index (χ0) is 25.1. The van der Waals surface area contributed by atoms with Crippen LogP contribution in [0.15, 0.2) is 133 Å². The number of thiophene rings is 1. The van der Waals surface area contributed by atoms with Crippen LogP contribution in [-0.2, 0) is 0 Å². The molecule has 0 radical (unpaired) electrons. The van der Waals surface area contributed by atoms with Gasteiger partial charge in [-0.1, -0.05) is 97.1 Å². The van der Waals surface area contributed by atoms with Crippen molar-refractivity contribution in [3.8, 4) is 33.4 Å². The van der Waals surface area contributed by atoms with Crippen molar-refractivity contribution in [3.63, 3.8) is 0 Å². The number of H-pyrrole nitrogens is 1. The molecule has 8 rings (SSSR count). The van der Waals surface area contributed by atoms with E-state index in [1.807, 2.05) is 11.3 Å². The Morgan fingerprint density at radius 1 is 0.395 bits per heavy atom. The number of aromatic nitrogens is 1. The van der Waals surface area contributed by atoms with Gasteiger partial charge < -0.3 is 4.98 Å². The zero-order valence-corrected chi connectivity index (χ0v) is 21.4. The van der Waals surface area contributed by atoms with Crippen LogP contribution in [0.1, 0.15) is 0 Å². The molecule has 6 aromatic carbocycles. The van der Waals surface area contributed by atoms with E-state index in [1.54, 1.807) is 0 Å². The van der Waals surface area contributed by atoms with Crippen LogP contribution in [0.5, 0.6) is 0 Å². The van der Waals surface area contributed by atoms with E-state index in [1.165, 1.54) is 75.4 Å². The first-order chi connectivity index (χ1) is 18.8. The van der Waals surface area contributed by atoms with Crippen molar-refractivity contribution in [3.05, 3.63) is 133 Å². The minimum atomic E-state index is 1.17. The van der Waals surface area contributed by atoms with Crippen molar-refractivity contribution >= 4 is 53.3 Å². The summed E-state index contributed by atoms with van der Waals surface area (Å²) in [5, 5.41) is 5.19. The Hall–Kier alpha value is -4.66. The fourth-order valence-corrected chi connectivity index (χ4v) is 6.91. The van der Waals surface area contributed by atoms with Crippen LogP contribution >= 0.6 is 11.3 Å². The molecule has 8 aromatic rings. The Morgan fingerprint density at radius 3 is 1.97 bits per heavy atom. The number of fused-ring (bicyclic) bond motifs is 6. The molecule has 0 spiro atoms. The normalized spacial score (nSPS) is 11.7. The highest BCUT2D eigenvalue weighted by atomic mass is 32.1. The molecule has 0 fully saturated rings. The van der Waals surface area contributed by atoms with E-state index >= 15 is 0 Å². The van der Waals surface area contributed by atoms with Gasteiger partial charge in [0.15, 0.2) is 0 Å². The SMILES string of the molecule is c1ccc(-c2cc(-c3ccc4c(c3)sc3ccccc34)cc(-c3cccc4c3[nH]c3ccccc34)c2)cc1. The fourth-order valence-electron chi connectivity index (χ4n) is 5.77. The number of benzene rings is 6. The lowest BCUT2D eigenvalue weighted by molar-refractivity contribution is 1.53. The molecule has 38 heavy (non-hydrogen) atoms. The smallest absolute Gasteiger partial charge is 0.0544 e. The van der Waals surface area contributed by atoms with Crippen molar-refractivity contribution in [1.82, 2.24) is 4.98 Å². The number of nitrogens with one attached hydrogen (secondary N) is 1. The van der Waals surface area contributed by atoms with Gasteiger partial charge in [-0.15, -0.1) is 11.3 Å². The highest BCUT2D eigenvalue weighted by molar-refractivity contribution is 7.25. The molecule has 2 heteroatoms. The topological polar surface area (TPSA) is 15.8 Å². The first-order valence-corrected chi connectivity index (χ1v) is 13.8. The first-order valence-electron chi connectivity index (χ1n) is 12.9. The highest BCUT2D eigenvalue weighted by Gasteiger charge is 2.13. The van der Waals surface area contributed by atoms with E-state index in [2.05, 4.69) is 138 Å². The van der Waals surface area contributed by atoms with E-state index in [9.17, 15) is 0 Å². The lowest BCUT2D eigenvalue weighted by Crippen LogP contribution is -1.87. The molecule has 0 aliphatic carbocycles. The van der Waals surface area contributed by atoms with Crippen LogP contribution in [0, 0.1) is 0 Å². The molecule has 0 saturated heterocycles. The second kappa shape index (κ2) is 8.44. The molecule has 0 amide bonds. The van der Waals surface area contributed by atoms with Crippen LogP contribution in [0.4, 0.5) is 0 Å². The summed E-state index contributed by atoms with van der Waals surface area (Å²) in [6, 6.07) is 48.5. The molecule has 1 N–H and O–H groups in total. The van der Waals surface area contributed by atoms with Gasteiger partial charge >= 0.3 is 0 Å². The standard InChI is InChI=1S/C36H23NS/c1-2-9-23(10-3-1)25-19-26(24-17-18-31-30-12-5-7-16-34(30)38-35(31)22-24)21-27(20-25)28-13-8-14-32-29-11-4-6-15-33(29)37-36(28)32/h1-22,37H. The molecule has 0 unspecified atom stereocenters. The molecule has 0 aliphatic heterocycles. The van der Waals surface area contributed by atoms with Gasteiger partial charge in [-0.25, -0.2) is 0 Å².